The normalized spacial score (nSPS) is 25.1. The molecule has 56 heavy (non-hydrogen) atoms. The predicted molar refractivity (Wildman–Crippen MR) is 219 cm³/mol. The van der Waals surface area contributed by atoms with Gasteiger partial charge in [0, 0.05) is 30.4 Å². The number of nitrogens with zero attached hydrogens (tertiary/aromatic N) is 2. The highest BCUT2D eigenvalue weighted by molar-refractivity contribution is 6.06. The fraction of sp³-hybridized carbons (Fsp3) is 0.468. The van der Waals surface area contributed by atoms with E-state index in [1.54, 1.807) is 18.3 Å². The number of nitrogen functional groups attached to an aromatic ring is 1. The molecule has 2 heterocycles. The maximum absolute atomic E-state index is 14.6. The predicted octanol–water partition coefficient (Wildman–Crippen LogP) is 7.22. The molecule has 3 aliphatic rings. The van der Waals surface area contributed by atoms with Crippen molar-refractivity contribution in [2.45, 2.75) is 96.7 Å². The Morgan fingerprint density at radius 2 is 1.82 bits per heavy atom. The second-order valence-corrected chi connectivity index (χ2v) is 16.2. The minimum atomic E-state index is -1.80. The molecule has 1 fully saturated rings. The molecule has 1 aromatic heterocycles. The summed E-state index contributed by atoms with van der Waals surface area (Å²) >= 11 is 0. The number of fused-ring (bicyclic) bond motifs is 2. The third kappa shape index (κ3) is 9.54. The molecular weight excluding hydrogens is 703 g/mol. The molecule has 0 amide bonds. The Balaban J connectivity index is 1.46. The van der Waals surface area contributed by atoms with Gasteiger partial charge in [-0.1, -0.05) is 55.5 Å². The number of aryl methyl sites for hydroxylation is 1. The van der Waals surface area contributed by atoms with Crippen LogP contribution in [0.4, 0.5) is 5.82 Å². The molecule has 9 nitrogen and oxygen atoms in total. The molecule has 2 aromatic carbocycles. The zero-order valence-corrected chi connectivity index (χ0v) is 33.0. The zero-order valence-electron chi connectivity index (χ0n) is 33.0. The minimum absolute atomic E-state index is 0.0348. The van der Waals surface area contributed by atoms with Gasteiger partial charge in [-0.05, 0) is 117 Å². The van der Waals surface area contributed by atoms with Gasteiger partial charge in [0.05, 0.1) is 25.6 Å². The number of benzene rings is 2. The molecule has 8 unspecified atom stereocenters. The van der Waals surface area contributed by atoms with Crippen molar-refractivity contribution in [3.05, 3.63) is 101 Å². The number of phenolic OH excluding ortho intramolecular Hbond substituents is 1. The van der Waals surface area contributed by atoms with Crippen LogP contribution in [0.2, 0.25) is 0 Å². The number of Topliss-reactive ketones (excluding diaryl/α,β-unsaturated/α-hetero) is 2. The average molecular weight is 759 g/mol. The van der Waals surface area contributed by atoms with E-state index in [0.717, 1.165) is 53.1 Å². The summed E-state index contributed by atoms with van der Waals surface area (Å²) in [5, 5.41) is 34.5. The van der Waals surface area contributed by atoms with Crippen molar-refractivity contribution in [3.8, 4) is 23.3 Å². The molecule has 0 radical (unpaired) electrons. The smallest absolute Gasteiger partial charge is 0.177 e. The van der Waals surface area contributed by atoms with E-state index in [1.807, 2.05) is 48.7 Å². The number of carbonyl (C=O) groups excluding carboxylic acids is 2. The fourth-order valence-corrected chi connectivity index (χ4v) is 9.08. The highest BCUT2D eigenvalue weighted by Crippen LogP contribution is 2.45. The highest BCUT2D eigenvalue weighted by Gasteiger charge is 2.44. The number of phenols is 1. The van der Waals surface area contributed by atoms with Crippen molar-refractivity contribution in [2.75, 3.05) is 12.8 Å². The lowest BCUT2D eigenvalue weighted by Crippen LogP contribution is -2.39. The number of allylic oxidation sites excluding steroid dienone is 1. The van der Waals surface area contributed by atoms with Gasteiger partial charge in [-0.2, -0.15) is 0 Å². The molecule has 3 aromatic rings. The Bertz CT molecular complexity index is 1980. The largest absolute Gasteiger partial charge is 0.504 e. The minimum Gasteiger partial charge on any atom is -0.504 e. The van der Waals surface area contributed by atoms with Crippen LogP contribution in [0.15, 0.2) is 77.6 Å². The Kier molecular flexibility index (Phi) is 13.4. The van der Waals surface area contributed by atoms with Gasteiger partial charge >= 0.3 is 0 Å². The first kappa shape index (κ1) is 40.7. The number of hydrogen-bond donors (Lipinski definition) is 4. The maximum Gasteiger partial charge on any atom is 0.177 e. The molecule has 2 aliphatic carbocycles. The third-order valence-electron chi connectivity index (χ3n) is 12.0. The molecular formula is C47H56N3O6+. The number of ether oxygens (including phenoxy) is 1. The fourth-order valence-electron chi connectivity index (χ4n) is 9.08. The van der Waals surface area contributed by atoms with Crippen LogP contribution in [0.3, 0.4) is 0 Å². The maximum atomic E-state index is 14.6. The monoisotopic (exact) mass is 758 g/mol. The van der Waals surface area contributed by atoms with Crippen molar-refractivity contribution in [3.63, 3.8) is 0 Å². The number of aliphatic imine (C=N–C) groups is 1. The number of pyridine rings is 1. The summed E-state index contributed by atoms with van der Waals surface area (Å²) in [6.07, 6.45) is 7.62. The summed E-state index contributed by atoms with van der Waals surface area (Å²) in [5.74, 6) is 6.30. The van der Waals surface area contributed by atoms with Crippen LogP contribution in [0.25, 0.3) is 0 Å². The lowest BCUT2D eigenvalue weighted by atomic mass is 9.73. The van der Waals surface area contributed by atoms with Crippen molar-refractivity contribution in [1.29, 1.82) is 0 Å². The second kappa shape index (κ2) is 18.4. The van der Waals surface area contributed by atoms with Crippen molar-refractivity contribution in [1.82, 2.24) is 4.98 Å². The van der Waals surface area contributed by atoms with E-state index in [0.29, 0.717) is 37.4 Å². The summed E-state index contributed by atoms with van der Waals surface area (Å²) in [6.45, 7) is 6.36. The van der Waals surface area contributed by atoms with E-state index < -0.39 is 41.5 Å². The van der Waals surface area contributed by atoms with Gasteiger partial charge in [0.2, 0.25) is 0 Å². The van der Waals surface area contributed by atoms with Gasteiger partial charge in [0.1, 0.15) is 24.0 Å². The number of aliphatic hydroxyl groups excluding tert-OH is 2. The number of aromatic hydroxyl groups is 1. The number of anilines is 1. The number of nitrogens with two attached hydrogens (primary N) is 1. The van der Waals surface area contributed by atoms with E-state index in [2.05, 4.69) is 48.7 Å². The van der Waals surface area contributed by atoms with E-state index in [1.165, 1.54) is 7.11 Å². The average Bonchev–Trinajstić information content (AvgIpc) is 3.58. The van der Waals surface area contributed by atoms with Gasteiger partial charge in [-0.3, -0.25) is 9.59 Å². The van der Waals surface area contributed by atoms with E-state index in [9.17, 15) is 24.9 Å². The number of carbonyl (C=O) groups is 2. The van der Waals surface area contributed by atoms with Gasteiger partial charge in [0.15, 0.2) is 34.9 Å². The lowest BCUT2D eigenvalue weighted by molar-refractivity contribution is -0.142. The first-order chi connectivity index (χ1) is 26.9. The summed E-state index contributed by atoms with van der Waals surface area (Å²) in [5.41, 5.74) is 10.4. The topological polar surface area (TPSA) is 155 Å². The van der Waals surface area contributed by atoms with E-state index in [-0.39, 0.29) is 42.1 Å². The van der Waals surface area contributed by atoms with Crippen molar-refractivity contribution < 1.29 is 29.6 Å². The Morgan fingerprint density at radius 3 is 2.52 bits per heavy atom. The third-order valence-corrected chi connectivity index (χ3v) is 12.0. The number of hydrogen-bond acceptors (Lipinski definition) is 9. The van der Waals surface area contributed by atoms with E-state index >= 15 is 0 Å². The number of aliphatic hydroxyl groups is 2. The van der Waals surface area contributed by atoms with Gasteiger partial charge in [-0.15, -0.1) is 4.99 Å². The van der Waals surface area contributed by atoms with Crippen LogP contribution in [0.5, 0.6) is 11.5 Å². The molecule has 0 spiro atoms. The zero-order chi connectivity index (χ0) is 39.9. The Morgan fingerprint density at radius 1 is 1.04 bits per heavy atom. The number of ketones is 2. The second-order valence-electron chi connectivity index (χ2n) is 16.2. The van der Waals surface area contributed by atoms with Crippen LogP contribution in [0, 0.1) is 53.3 Å². The lowest BCUT2D eigenvalue weighted by Gasteiger charge is -2.33. The molecule has 1 saturated carbocycles. The Labute approximate surface area is 331 Å². The van der Waals surface area contributed by atoms with Crippen molar-refractivity contribution in [2.24, 2.45) is 40.5 Å². The molecule has 0 saturated heterocycles. The first-order valence-electron chi connectivity index (χ1n) is 20.2. The van der Waals surface area contributed by atoms with Crippen LogP contribution in [0.1, 0.15) is 93.9 Å². The highest BCUT2D eigenvalue weighted by atomic mass is 16.5. The van der Waals surface area contributed by atoms with E-state index in [4.69, 9.17) is 10.5 Å². The van der Waals surface area contributed by atoms with Crippen LogP contribution >= 0.6 is 0 Å². The quantitative estimate of drug-likeness (QED) is 0.0909. The number of methoxy groups -OCH3 is 1. The van der Waals surface area contributed by atoms with Gasteiger partial charge in [-0.25, -0.2) is 4.98 Å². The summed E-state index contributed by atoms with van der Waals surface area (Å²) in [4.78, 5) is 37.2. The molecule has 294 valence electrons. The SMILES string of the molecule is CCCC(C(O)CC1=C[C+](C(C)C)C=N1)C1CC(Cc2ccnc(N)c2)CC2C#CC(c3ccccc3)c3cc(O)c(OC)cc3CCC(=O)C(O)C(=O)C2C1. The molecule has 8 atom stereocenters. The summed E-state index contributed by atoms with van der Waals surface area (Å²) < 4.78 is 5.44. The number of rotatable bonds is 11. The summed E-state index contributed by atoms with van der Waals surface area (Å²) in [6, 6.07) is 17.1. The summed E-state index contributed by atoms with van der Waals surface area (Å²) in [7, 11) is 1.47. The standard InChI is InChI=1S/C47H55N3O6/c1-5-9-38(42(52)25-36-22-35(27-50-36)28(2)3)34-20-30(18-29-16-17-49-45(48)21-29)19-32-12-14-37(31-10-7-6-8-11-31)39-26-43(53)44(56-4)24-33(39)13-15-41(51)47(55)46(54)40(32)23-34/h6-8,10-11,16-17,21-22,24,26-28,30,32,34,37-38,40,42,47,52,55H,5,9,13,15,18-20,23,25H2,1-4H3,(H2-,48,49,53)/p+1. The van der Waals surface area contributed by atoms with Crippen LogP contribution in [-0.4, -0.2) is 57.4 Å². The first-order valence-corrected chi connectivity index (χ1v) is 20.2. The molecule has 1 aliphatic heterocycles. The van der Waals surface area contributed by atoms with Gasteiger partial charge < -0.3 is 25.8 Å². The molecule has 5 N–H and O–H groups in total. The molecule has 0 bridgehead atoms. The molecule has 9 heteroatoms. The Hall–Kier alpha value is -4.91. The van der Waals surface area contributed by atoms with Gasteiger partial charge in [0.25, 0.3) is 0 Å². The molecule has 6 rings (SSSR count). The van der Waals surface area contributed by atoms with Crippen LogP contribution < -0.4 is 10.5 Å². The van der Waals surface area contributed by atoms with Crippen LogP contribution in [-0.2, 0) is 22.4 Å². The van der Waals surface area contributed by atoms with Crippen molar-refractivity contribution >= 4 is 23.6 Å². The number of aromatic nitrogens is 1.